The lowest BCUT2D eigenvalue weighted by molar-refractivity contribution is -0.760. The van der Waals surface area contributed by atoms with Crippen molar-refractivity contribution in [1.82, 2.24) is 5.27 Å². The van der Waals surface area contributed by atoms with Crippen molar-refractivity contribution in [2.75, 3.05) is 0 Å². The number of aromatic nitrogens is 2. The monoisotopic (exact) mass is 299 g/mol. The Morgan fingerprint density at radius 2 is 2.21 bits per heavy atom. The maximum absolute atomic E-state index is 11.0. The van der Waals surface area contributed by atoms with Crippen LogP contribution < -0.4 is 9.79 Å². The highest BCUT2D eigenvalue weighted by molar-refractivity contribution is 6.31. The molecule has 0 aliphatic rings. The molecule has 0 saturated carbocycles. The topological polar surface area (TPSA) is 65.3 Å². The fraction of sp³-hybridized carbons (Fsp3) is 0.250. The SMILES string of the molecule is C/C([O-])=N/c1on[n+](Cc2ccccc2Cl)c1CCl. The normalized spacial score (nSPS) is 11.8. The third-order valence-corrected chi connectivity index (χ3v) is 3.07. The lowest BCUT2D eigenvalue weighted by Crippen LogP contribution is -2.39. The van der Waals surface area contributed by atoms with Crippen LogP contribution in [0.2, 0.25) is 5.02 Å². The molecule has 0 amide bonds. The van der Waals surface area contributed by atoms with E-state index in [4.69, 9.17) is 27.7 Å². The summed E-state index contributed by atoms with van der Waals surface area (Å²) in [4.78, 5) is 3.71. The number of hydrogen-bond donors (Lipinski definition) is 0. The molecule has 7 heteroatoms. The average molecular weight is 300 g/mol. The van der Waals surface area contributed by atoms with E-state index in [9.17, 15) is 5.11 Å². The van der Waals surface area contributed by atoms with Crippen LogP contribution in [0.4, 0.5) is 5.88 Å². The largest absolute Gasteiger partial charge is 0.862 e. The van der Waals surface area contributed by atoms with Crippen molar-refractivity contribution in [2.24, 2.45) is 4.99 Å². The molecule has 100 valence electrons. The van der Waals surface area contributed by atoms with Crippen LogP contribution in [0.25, 0.3) is 0 Å². The van der Waals surface area contributed by atoms with Gasteiger partial charge in [0.25, 0.3) is 5.69 Å². The van der Waals surface area contributed by atoms with E-state index in [-0.39, 0.29) is 17.7 Å². The molecule has 0 N–H and O–H groups in total. The Balaban J connectivity index is 2.34. The molecule has 0 spiro atoms. The molecule has 0 saturated heterocycles. The van der Waals surface area contributed by atoms with Crippen molar-refractivity contribution in [1.29, 1.82) is 0 Å². The summed E-state index contributed by atoms with van der Waals surface area (Å²) in [7, 11) is 0. The molecule has 19 heavy (non-hydrogen) atoms. The first kappa shape index (κ1) is 13.8. The number of alkyl halides is 1. The fourth-order valence-corrected chi connectivity index (χ4v) is 2.01. The second-order valence-electron chi connectivity index (χ2n) is 3.84. The van der Waals surface area contributed by atoms with Gasteiger partial charge < -0.3 is 5.11 Å². The van der Waals surface area contributed by atoms with Crippen molar-refractivity contribution < 1.29 is 14.3 Å². The van der Waals surface area contributed by atoms with E-state index in [1.807, 2.05) is 18.2 Å². The molecule has 5 nitrogen and oxygen atoms in total. The third kappa shape index (κ3) is 3.24. The fourth-order valence-electron chi connectivity index (χ4n) is 1.57. The van der Waals surface area contributed by atoms with E-state index < -0.39 is 0 Å². The highest BCUT2D eigenvalue weighted by Crippen LogP contribution is 2.19. The zero-order valence-corrected chi connectivity index (χ0v) is 11.6. The maximum atomic E-state index is 11.0. The first-order valence-corrected chi connectivity index (χ1v) is 6.43. The lowest BCUT2D eigenvalue weighted by atomic mass is 10.2. The zero-order valence-electron chi connectivity index (χ0n) is 10.1. The Kier molecular flexibility index (Phi) is 4.39. The summed E-state index contributed by atoms with van der Waals surface area (Å²) in [6.07, 6.45) is 0. The standard InChI is InChI=1S/C12H11Cl2N3O2/c1-8(18)15-12-11(6-13)17(16-19-12)7-9-4-2-3-5-10(9)14/h2-5H,6-7H2,1H3. The molecule has 0 bridgehead atoms. The number of hydrogen-bond acceptors (Lipinski definition) is 4. The Labute approximate surface area is 120 Å². The minimum Gasteiger partial charge on any atom is -0.862 e. The van der Waals surface area contributed by atoms with Crippen LogP contribution in [0, 0.1) is 0 Å². The molecular formula is C12H11Cl2N3O2. The molecule has 2 rings (SSSR count). The summed E-state index contributed by atoms with van der Waals surface area (Å²) < 4.78 is 6.55. The molecule has 2 aromatic rings. The summed E-state index contributed by atoms with van der Waals surface area (Å²) in [6.45, 7) is 1.73. The van der Waals surface area contributed by atoms with Gasteiger partial charge in [0.05, 0.1) is 5.02 Å². The predicted octanol–water partition coefficient (Wildman–Crippen LogP) is 1.81. The van der Waals surface area contributed by atoms with Gasteiger partial charge in [-0.25, -0.2) is 4.99 Å². The number of nitrogens with zero attached hydrogens (tertiary/aromatic N) is 3. The summed E-state index contributed by atoms with van der Waals surface area (Å²) in [5.74, 6) is -0.0953. The molecule has 1 aromatic carbocycles. The summed E-state index contributed by atoms with van der Waals surface area (Å²) >= 11 is 11.9. The van der Waals surface area contributed by atoms with Gasteiger partial charge in [-0.3, -0.25) is 4.52 Å². The van der Waals surface area contributed by atoms with Crippen LogP contribution in [0.5, 0.6) is 0 Å². The molecule has 0 fully saturated rings. The molecule has 1 aromatic heterocycles. The van der Waals surface area contributed by atoms with Crippen LogP contribution in [0.15, 0.2) is 33.8 Å². The smallest absolute Gasteiger partial charge is 0.325 e. The van der Waals surface area contributed by atoms with Crippen LogP contribution >= 0.6 is 23.2 Å². The predicted molar refractivity (Wildman–Crippen MR) is 69.6 cm³/mol. The van der Waals surface area contributed by atoms with Crippen molar-refractivity contribution >= 4 is 35.0 Å². The second-order valence-corrected chi connectivity index (χ2v) is 4.51. The number of rotatable bonds is 4. The Bertz CT molecular complexity index is 607. The van der Waals surface area contributed by atoms with Gasteiger partial charge in [-0.1, -0.05) is 29.8 Å². The van der Waals surface area contributed by atoms with Crippen molar-refractivity contribution in [3.8, 4) is 0 Å². The highest BCUT2D eigenvalue weighted by Gasteiger charge is 2.24. The first-order chi connectivity index (χ1) is 9.11. The van der Waals surface area contributed by atoms with Crippen molar-refractivity contribution in [3.05, 3.63) is 40.5 Å². The van der Waals surface area contributed by atoms with Crippen molar-refractivity contribution in [3.63, 3.8) is 0 Å². The zero-order chi connectivity index (χ0) is 13.8. The summed E-state index contributed by atoms with van der Waals surface area (Å²) in [6, 6.07) is 7.39. The first-order valence-electron chi connectivity index (χ1n) is 5.52. The van der Waals surface area contributed by atoms with E-state index in [0.717, 1.165) is 5.56 Å². The van der Waals surface area contributed by atoms with E-state index in [1.54, 1.807) is 6.07 Å². The lowest BCUT2D eigenvalue weighted by Gasteiger charge is -1.99. The summed E-state index contributed by atoms with van der Waals surface area (Å²) in [5, 5.41) is 15.4. The maximum Gasteiger partial charge on any atom is 0.325 e. The van der Waals surface area contributed by atoms with E-state index >= 15 is 0 Å². The van der Waals surface area contributed by atoms with Crippen LogP contribution in [0.1, 0.15) is 18.2 Å². The Hall–Kier alpha value is -1.59. The Morgan fingerprint density at radius 3 is 2.84 bits per heavy atom. The minimum atomic E-state index is -0.368. The van der Waals surface area contributed by atoms with Crippen LogP contribution in [-0.2, 0) is 12.4 Å². The van der Waals surface area contributed by atoms with E-state index in [1.165, 1.54) is 11.6 Å². The Morgan fingerprint density at radius 1 is 1.47 bits per heavy atom. The van der Waals surface area contributed by atoms with E-state index in [2.05, 4.69) is 10.3 Å². The molecule has 0 unspecified atom stereocenters. The highest BCUT2D eigenvalue weighted by atomic mass is 35.5. The second kappa shape index (κ2) is 6.04. The van der Waals surface area contributed by atoms with Gasteiger partial charge in [0.15, 0.2) is 0 Å². The number of benzene rings is 1. The van der Waals surface area contributed by atoms with Gasteiger partial charge >= 0.3 is 5.88 Å². The van der Waals surface area contributed by atoms with Gasteiger partial charge in [0.1, 0.15) is 5.88 Å². The van der Waals surface area contributed by atoms with Crippen LogP contribution in [-0.4, -0.2) is 11.2 Å². The summed E-state index contributed by atoms with van der Waals surface area (Å²) in [5.41, 5.74) is 1.42. The average Bonchev–Trinajstić information content (AvgIpc) is 2.73. The van der Waals surface area contributed by atoms with Gasteiger partial charge in [-0.15, -0.1) is 11.6 Å². The van der Waals surface area contributed by atoms with Gasteiger partial charge in [-0.2, -0.15) is 0 Å². The third-order valence-electron chi connectivity index (χ3n) is 2.45. The molecule has 0 aliphatic carbocycles. The van der Waals surface area contributed by atoms with Gasteiger partial charge in [0.2, 0.25) is 11.8 Å². The number of halogens is 2. The molecule has 0 radical (unpaired) electrons. The number of aliphatic imine (C=N–C) groups is 1. The molecule has 0 atom stereocenters. The minimum absolute atomic E-state index is 0.134. The molecule has 1 heterocycles. The molecule has 0 aliphatic heterocycles. The van der Waals surface area contributed by atoms with Crippen molar-refractivity contribution in [2.45, 2.75) is 19.3 Å². The molecular weight excluding hydrogens is 289 g/mol. The van der Waals surface area contributed by atoms with Gasteiger partial charge in [-0.05, 0) is 23.6 Å². The van der Waals surface area contributed by atoms with Crippen LogP contribution in [0.3, 0.4) is 0 Å². The quantitative estimate of drug-likeness (QED) is 0.374. The van der Waals surface area contributed by atoms with E-state index in [0.29, 0.717) is 17.3 Å². The van der Waals surface area contributed by atoms with Gasteiger partial charge in [0, 0.05) is 5.56 Å².